The van der Waals surface area contributed by atoms with Crippen LogP contribution in [0.3, 0.4) is 0 Å². The summed E-state index contributed by atoms with van der Waals surface area (Å²) in [6.45, 7) is 7.91. The van der Waals surface area contributed by atoms with Crippen molar-refractivity contribution in [2.45, 2.75) is 69.1 Å². The molecule has 1 aromatic carbocycles. The van der Waals surface area contributed by atoms with E-state index in [-0.39, 0.29) is 17.4 Å². The Kier molecular flexibility index (Phi) is 5.78. The van der Waals surface area contributed by atoms with Crippen molar-refractivity contribution in [3.8, 4) is 0 Å². The average Bonchev–Trinajstić information content (AvgIpc) is 3.61. The van der Waals surface area contributed by atoms with E-state index < -0.39 is 5.60 Å². The van der Waals surface area contributed by atoms with Gasteiger partial charge < -0.3 is 15.3 Å². The Morgan fingerprint density at radius 3 is 2.71 bits per heavy atom. The Morgan fingerprint density at radius 2 is 1.97 bits per heavy atom. The Hall–Kier alpha value is -2.22. The van der Waals surface area contributed by atoms with Gasteiger partial charge in [0, 0.05) is 49.9 Å². The molecule has 2 aromatic rings. The number of nitrogens with zero attached hydrogens (tertiary/aromatic N) is 4. The van der Waals surface area contributed by atoms with E-state index in [2.05, 4.69) is 45.5 Å². The first-order chi connectivity index (χ1) is 16.9. The van der Waals surface area contributed by atoms with Crippen LogP contribution in [0.5, 0.6) is 0 Å². The number of rotatable bonds is 6. The Labute approximate surface area is 208 Å². The second-order valence-corrected chi connectivity index (χ2v) is 11.5. The summed E-state index contributed by atoms with van der Waals surface area (Å²) in [4.78, 5) is 17.7. The topological polar surface area (TPSA) is 73.6 Å². The molecule has 3 fully saturated rings. The highest BCUT2D eigenvalue weighted by Crippen LogP contribution is 2.56. The molecule has 7 heteroatoms. The van der Waals surface area contributed by atoms with Crippen LogP contribution in [0.25, 0.3) is 0 Å². The Bertz CT molecular complexity index is 1110. The molecule has 2 aliphatic carbocycles. The lowest BCUT2D eigenvalue weighted by atomic mass is 9.52. The number of carbonyl (C=O) groups excluding carboxylic acids is 1. The van der Waals surface area contributed by atoms with Gasteiger partial charge in [0.1, 0.15) is 0 Å². The zero-order valence-electron chi connectivity index (χ0n) is 21.2. The highest BCUT2D eigenvalue weighted by Gasteiger charge is 2.63. The van der Waals surface area contributed by atoms with Crippen molar-refractivity contribution < 1.29 is 9.90 Å². The van der Waals surface area contributed by atoms with Gasteiger partial charge in [-0.15, -0.1) is 0 Å². The average molecular weight is 478 g/mol. The number of amides is 1. The molecular formula is C28H39N5O2. The number of fused-ring (bicyclic) bond motifs is 1. The molecule has 1 aromatic heterocycles. The molecule has 2 bridgehead atoms. The van der Waals surface area contributed by atoms with E-state index in [1.165, 1.54) is 29.5 Å². The number of benzene rings is 1. The Morgan fingerprint density at radius 1 is 1.17 bits per heavy atom. The van der Waals surface area contributed by atoms with Gasteiger partial charge in [-0.25, -0.2) is 0 Å². The summed E-state index contributed by atoms with van der Waals surface area (Å²) in [5.74, 6) is 0.758. The van der Waals surface area contributed by atoms with Gasteiger partial charge in [-0.05, 0) is 93.3 Å². The molecule has 3 heterocycles. The molecule has 188 valence electrons. The third kappa shape index (κ3) is 3.92. The molecule has 1 saturated carbocycles. The fourth-order valence-electron chi connectivity index (χ4n) is 7.27. The molecule has 0 unspecified atom stereocenters. The zero-order valence-corrected chi connectivity index (χ0v) is 21.2. The second-order valence-electron chi connectivity index (χ2n) is 11.5. The fourth-order valence-corrected chi connectivity index (χ4v) is 7.27. The third-order valence-electron chi connectivity index (χ3n) is 9.44. The molecule has 4 aliphatic rings. The predicted molar refractivity (Wildman–Crippen MR) is 136 cm³/mol. The van der Waals surface area contributed by atoms with Crippen LogP contribution in [-0.2, 0) is 18.4 Å². The highest BCUT2D eigenvalue weighted by molar-refractivity contribution is 5.94. The van der Waals surface area contributed by atoms with E-state index in [1.54, 1.807) is 7.05 Å². The number of aromatic nitrogens is 2. The normalized spacial score (nSPS) is 30.9. The van der Waals surface area contributed by atoms with Crippen molar-refractivity contribution in [3.05, 3.63) is 52.8 Å². The van der Waals surface area contributed by atoms with Crippen LogP contribution < -0.4 is 5.32 Å². The van der Waals surface area contributed by atoms with E-state index in [0.29, 0.717) is 5.56 Å². The molecule has 2 aliphatic heterocycles. The minimum absolute atomic E-state index is 0.0502. The first-order valence-corrected chi connectivity index (χ1v) is 13.5. The minimum Gasteiger partial charge on any atom is -0.387 e. The Balaban J connectivity index is 1.34. The lowest BCUT2D eigenvalue weighted by molar-refractivity contribution is -0.149. The van der Waals surface area contributed by atoms with Gasteiger partial charge in [-0.1, -0.05) is 6.07 Å². The van der Waals surface area contributed by atoms with Crippen molar-refractivity contribution in [2.75, 3.05) is 39.8 Å². The van der Waals surface area contributed by atoms with Gasteiger partial charge in [0.2, 0.25) is 0 Å². The van der Waals surface area contributed by atoms with Crippen LogP contribution in [0.15, 0.2) is 30.6 Å². The molecule has 2 saturated heterocycles. The summed E-state index contributed by atoms with van der Waals surface area (Å²) >= 11 is 0. The number of nitrogens with one attached hydrogen (secondary N) is 1. The summed E-state index contributed by atoms with van der Waals surface area (Å²) in [6.07, 6.45) is 10.2. The number of hydrogen-bond acceptors (Lipinski definition) is 5. The van der Waals surface area contributed by atoms with E-state index in [1.807, 2.05) is 16.9 Å². The van der Waals surface area contributed by atoms with Crippen molar-refractivity contribution in [2.24, 2.45) is 5.92 Å². The van der Waals surface area contributed by atoms with Gasteiger partial charge in [0.25, 0.3) is 5.91 Å². The maximum Gasteiger partial charge on any atom is 0.251 e. The van der Waals surface area contributed by atoms with Gasteiger partial charge >= 0.3 is 0 Å². The van der Waals surface area contributed by atoms with Crippen molar-refractivity contribution in [3.63, 3.8) is 0 Å². The van der Waals surface area contributed by atoms with E-state index in [9.17, 15) is 9.90 Å². The first-order valence-electron chi connectivity index (χ1n) is 13.5. The van der Waals surface area contributed by atoms with Gasteiger partial charge in [-0.2, -0.15) is 5.10 Å². The van der Waals surface area contributed by atoms with Gasteiger partial charge in [0.15, 0.2) is 0 Å². The number of carbonyl (C=O) groups is 1. The maximum atomic E-state index is 12.7. The molecule has 35 heavy (non-hydrogen) atoms. The van der Waals surface area contributed by atoms with Crippen molar-refractivity contribution >= 4 is 5.91 Å². The molecule has 0 radical (unpaired) electrons. The number of likely N-dealkylation sites (tertiary alicyclic amines) is 2. The third-order valence-corrected chi connectivity index (χ3v) is 9.44. The van der Waals surface area contributed by atoms with Crippen molar-refractivity contribution in [1.29, 1.82) is 0 Å². The van der Waals surface area contributed by atoms with Crippen LogP contribution in [0.4, 0.5) is 0 Å². The summed E-state index contributed by atoms with van der Waals surface area (Å²) in [5.41, 5.74) is 3.38. The zero-order chi connectivity index (χ0) is 24.2. The summed E-state index contributed by atoms with van der Waals surface area (Å²) < 4.78 is 2.03. The van der Waals surface area contributed by atoms with E-state index in [0.717, 1.165) is 70.9 Å². The first kappa shape index (κ1) is 23.2. The smallest absolute Gasteiger partial charge is 0.251 e. The highest BCUT2D eigenvalue weighted by atomic mass is 16.3. The van der Waals surface area contributed by atoms with Crippen LogP contribution >= 0.6 is 0 Å². The van der Waals surface area contributed by atoms with E-state index >= 15 is 0 Å². The summed E-state index contributed by atoms with van der Waals surface area (Å²) in [7, 11) is 1.69. The fraction of sp³-hybridized carbons (Fsp3) is 0.643. The molecule has 1 amide bonds. The monoisotopic (exact) mass is 477 g/mol. The standard InChI is InChI=1S/C28H39N5O2/c1-20-17-30-33(18-20)14-13-31-10-7-27-8-12-32(19-21-3-4-21)25(28(27,35)9-11-31)16-22-5-6-23(15-24(22)27)26(34)29-2/h5-6,15,17-18,21,25,35H,3-4,7-14,16,19H2,1-2H3,(H,29,34)/t25-,27+,28-/m1/s1. The lowest BCUT2D eigenvalue weighted by Crippen LogP contribution is -2.71. The summed E-state index contributed by atoms with van der Waals surface area (Å²) in [6, 6.07) is 6.39. The van der Waals surface area contributed by atoms with Gasteiger partial charge in [0.05, 0.1) is 18.3 Å². The summed E-state index contributed by atoms with van der Waals surface area (Å²) in [5, 5.41) is 19.9. The van der Waals surface area contributed by atoms with Crippen LogP contribution in [0.1, 0.15) is 59.2 Å². The SMILES string of the molecule is CNC(=O)c1ccc2c(c1)[C@@]13CCN(CCn4cc(C)cn4)CC[C@@]1(O)[C@@H](C2)N(CC1CC1)CC3. The van der Waals surface area contributed by atoms with Gasteiger partial charge in [-0.3, -0.25) is 14.4 Å². The number of aliphatic hydroxyl groups is 1. The predicted octanol–water partition coefficient (Wildman–Crippen LogP) is 2.36. The number of aryl methyl sites for hydroxylation is 1. The largest absolute Gasteiger partial charge is 0.387 e. The molecule has 2 N–H and O–H groups in total. The number of piperidine rings is 1. The minimum atomic E-state index is -0.772. The van der Waals surface area contributed by atoms with Crippen LogP contribution in [0.2, 0.25) is 0 Å². The molecule has 0 spiro atoms. The molecule has 3 atom stereocenters. The van der Waals surface area contributed by atoms with Crippen molar-refractivity contribution in [1.82, 2.24) is 24.9 Å². The lowest BCUT2D eigenvalue weighted by Gasteiger charge is -2.61. The molecule has 7 nitrogen and oxygen atoms in total. The second kappa shape index (κ2) is 8.71. The van der Waals surface area contributed by atoms with Crippen LogP contribution in [0, 0.1) is 12.8 Å². The quantitative estimate of drug-likeness (QED) is 0.668. The maximum absolute atomic E-state index is 12.7. The van der Waals surface area contributed by atoms with Crippen LogP contribution in [-0.4, -0.2) is 82.0 Å². The van der Waals surface area contributed by atoms with E-state index in [4.69, 9.17) is 0 Å². The number of hydrogen-bond donors (Lipinski definition) is 2. The molecule has 6 rings (SSSR count). The molecular weight excluding hydrogens is 438 g/mol.